The average Bonchev–Trinajstić information content (AvgIpc) is 2.60. The number of rotatable bonds is 2. The van der Waals surface area contributed by atoms with Crippen molar-refractivity contribution in [3.8, 4) is 0 Å². The van der Waals surface area contributed by atoms with Crippen molar-refractivity contribution in [1.82, 2.24) is 14.8 Å². The maximum Gasteiger partial charge on any atom is 0.276 e. The third-order valence-corrected chi connectivity index (χ3v) is 3.71. The summed E-state index contributed by atoms with van der Waals surface area (Å²) >= 11 is 0. The van der Waals surface area contributed by atoms with E-state index in [1.807, 2.05) is 19.0 Å². The summed E-state index contributed by atoms with van der Waals surface area (Å²) in [6, 6.07) is 0. The zero-order valence-electron chi connectivity index (χ0n) is 11.5. The van der Waals surface area contributed by atoms with Crippen LogP contribution in [0, 0.1) is 0 Å². The van der Waals surface area contributed by atoms with Crippen molar-refractivity contribution in [2.75, 3.05) is 19.0 Å². The quantitative estimate of drug-likeness (QED) is 0.749. The Morgan fingerprint density at radius 2 is 1.72 bits per heavy atom. The van der Waals surface area contributed by atoms with Gasteiger partial charge in [0, 0.05) is 27.1 Å². The molecule has 5 nitrogen and oxygen atoms in total. The van der Waals surface area contributed by atoms with Gasteiger partial charge in [-0.1, -0.05) is 25.7 Å². The maximum atomic E-state index is 12.3. The van der Waals surface area contributed by atoms with Crippen LogP contribution in [0.1, 0.15) is 50.1 Å². The van der Waals surface area contributed by atoms with Crippen LogP contribution in [-0.4, -0.2) is 28.9 Å². The van der Waals surface area contributed by atoms with Gasteiger partial charge in [-0.25, -0.2) is 0 Å². The van der Waals surface area contributed by atoms with Gasteiger partial charge in [0.05, 0.1) is 0 Å². The average molecular weight is 250 g/mol. The molecular formula is C13H22N4O. The third kappa shape index (κ3) is 2.54. The number of nitrogens with zero attached hydrogens (tertiary/aromatic N) is 4. The number of hydrogen-bond donors (Lipinski definition) is 0. The van der Waals surface area contributed by atoms with Gasteiger partial charge in [-0.05, 0) is 12.8 Å². The van der Waals surface area contributed by atoms with Gasteiger partial charge >= 0.3 is 0 Å². The van der Waals surface area contributed by atoms with Crippen LogP contribution < -0.4 is 10.5 Å². The molecule has 5 heteroatoms. The van der Waals surface area contributed by atoms with E-state index in [0.29, 0.717) is 17.6 Å². The van der Waals surface area contributed by atoms with Gasteiger partial charge in [-0.2, -0.15) is 0 Å². The van der Waals surface area contributed by atoms with E-state index in [9.17, 15) is 4.79 Å². The fraction of sp³-hybridized carbons (Fsp3) is 0.769. The second-order valence-corrected chi connectivity index (χ2v) is 5.33. The highest BCUT2D eigenvalue weighted by molar-refractivity contribution is 5.26. The Bertz CT molecular complexity index is 459. The van der Waals surface area contributed by atoms with Crippen LogP contribution in [0.4, 0.5) is 5.95 Å². The number of aromatic nitrogens is 3. The van der Waals surface area contributed by atoms with Gasteiger partial charge in [0.15, 0.2) is 0 Å². The van der Waals surface area contributed by atoms with Crippen LogP contribution in [-0.2, 0) is 7.05 Å². The number of anilines is 1. The van der Waals surface area contributed by atoms with Crippen molar-refractivity contribution in [3.05, 3.63) is 16.0 Å². The molecule has 0 spiro atoms. The molecule has 18 heavy (non-hydrogen) atoms. The standard InChI is InChI=1S/C13H22N4O/c1-16(2)13-15-14-11(12(18)17(13)3)10-8-6-4-5-7-9-10/h10H,4-9H2,1-3H3. The van der Waals surface area contributed by atoms with Crippen molar-refractivity contribution in [2.45, 2.75) is 44.4 Å². The molecule has 1 fully saturated rings. The molecule has 0 atom stereocenters. The summed E-state index contributed by atoms with van der Waals surface area (Å²) in [6.07, 6.45) is 7.10. The molecule has 0 aromatic carbocycles. The minimum Gasteiger partial charge on any atom is -0.347 e. The van der Waals surface area contributed by atoms with Crippen molar-refractivity contribution in [3.63, 3.8) is 0 Å². The van der Waals surface area contributed by atoms with Gasteiger partial charge in [-0.3, -0.25) is 9.36 Å². The van der Waals surface area contributed by atoms with Crippen LogP contribution >= 0.6 is 0 Å². The molecule has 1 aliphatic carbocycles. The minimum absolute atomic E-state index is 0.0144. The Morgan fingerprint density at radius 1 is 1.11 bits per heavy atom. The van der Waals surface area contributed by atoms with Crippen LogP contribution in [0.3, 0.4) is 0 Å². The minimum atomic E-state index is 0.0144. The first-order valence-electron chi connectivity index (χ1n) is 6.72. The summed E-state index contributed by atoms with van der Waals surface area (Å²) in [5.41, 5.74) is 0.672. The molecule has 0 saturated heterocycles. The molecule has 0 radical (unpaired) electrons. The van der Waals surface area contributed by atoms with Crippen molar-refractivity contribution in [2.24, 2.45) is 7.05 Å². The van der Waals surface area contributed by atoms with Gasteiger partial charge in [-0.15, -0.1) is 10.2 Å². The van der Waals surface area contributed by atoms with E-state index in [4.69, 9.17) is 0 Å². The van der Waals surface area contributed by atoms with Crippen molar-refractivity contribution < 1.29 is 0 Å². The first-order valence-corrected chi connectivity index (χ1v) is 6.72. The van der Waals surface area contributed by atoms with Crippen LogP contribution in [0.5, 0.6) is 0 Å². The van der Waals surface area contributed by atoms with Gasteiger partial charge < -0.3 is 4.90 Å². The highest BCUT2D eigenvalue weighted by Crippen LogP contribution is 2.28. The molecule has 0 bridgehead atoms. The predicted octanol–water partition coefficient (Wildman–Crippen LogP) is 1.68. The zero-order chi connectivity index (χ0) is 13.1. The molecule has 1 heterocycles. The Labute approximate surface area is 108 Å². The summed E-state index contributed by atoms with van der Waals surface area (Å²) in [4.78, 5) is 14.2. The van der Waals surface area contributed by atoms with Gasteiger partial charge in [0.2, 0.25) is 5.95 Å². The SMILES string of the molecule is CN(C)c1nnc(C2CCCCCC2)c(=O)n1C. The Morgan fingerprint density at radius 3 is 2.28 bits per heavy atom. The Balaban J connectivity index is 2.34. The first kappa shape index (κ1) is 13.1. The lowest BCUT2D eigenvalue weighted by molar-refractivity contribution is 0.549. The summed E-state index contributed by atoms with van der Waals surface area (Å²) < 4.78 is 1.60. The predicted molar refractivity (Wildman–Crippen MR) is 72.0 cm³/mol. The zero-order valence-corrected chi connectivity index (χ0v) is 11.5. The van der Waals surface area contributed by atoms with E-state index in [2.05, 4.69) is 10.2 Å². The monoisotopic (exact) mass is 250 g/mol. The van der Waals surface area contributed by atoms with E-state index >= 15 is 0 Å². The van der Waals surface area contributed by atoms with Crippen LogP contribution in [0.2, 0.25) is 0 Å². The highest BCUT2D eigenvalue weighted by atomic mass is 16.1. The number of hydrogen-bond acceptors (Lipinski definition) is 4. The molecule has 2 rings (SSSR count). The molecule has 1 aromatic heterocycles. The topological polar surface area (TPSA) is 51.0 Å². The smallest absolute Gasteiger partial charge is 0.276 e. The summed E-state index contributed by atoms with van der Waals surface area (Å²) in [5.74, 6) is 0.910. The van der Waals surface area contributed by atoms with E-state index in [1.165, 1.54) is 25.7 Å². The highest BCUT2D eigenvalue weighted by Gasteiger charge is 2.21. The van der Waals surface area contributed by atoms with Gasteiger partial charge in [0.25, 0.3) is 5.56 Å². The molecule has 0 aliphatic heterocycles. The molecule has 1 saturated carbocycles. The van der Waals surface area contributed by atoms with E-state index in [-0.39, 0.29) is 5.56 Å². The fourth-order valence-corrected chi connectivity index (χ4v) is 2.67. The van der Waals surface area contributed by atoms with E-state index in [0.717, 1.165) is 12.8 Å². The molecule has 100 valence electrons. The largest absolute Gasteiger partial charge is 0.347 e. The van der Waals surface area contributed by atoms with E-state index < -0.39 is 0 Å². The summed E-state index contributed by atoms with van der Waals surface area (Å²) in [7, 11) is 5.51. The molecular weight excluding hydrogens is 228 g/mol. The van der Waals surface area contributed by atoms with Crippen molar-refractivity contribution >= 4 is 5.95 Å². The molecule has 1 aromatic rings. The van der Waals surface area contributed by atoms with Crippen molar-refractivity contribution in [1.29, 1.82) is 0 Å². The maximum absolute atomic E-state index is 12.3. The lowest BCUT2D eigenvalue weighted by Crippen LogP contribution is -2.31. The normalized spacial score (nSPS) is 17.5. The molecule has 1 aliphatic rings. The second kappa shape index (κ2) is 5.50. The molecule has 0 amide bonds. The third-order valence-electron chi connectivity index (χ3n) is 3.71. The molecule has 0 N–H and O–H groups in total. The van der Waals surface area contributed by atoms with Crippen LogP contribution in [0.15, 0.2) is 4.79 Å². The second-order valence-electron chi connectivity index (χ2n) is 5.33. The lowest BCUT2D eigenvalue weighted by Gasteiger charge is -2.17. The Hall–Kier alpha value is -1.39. The van der Waals surface area contributed by atoms with Gasteiger partial charge in [0.1, 0.15) is 5.69 Å². The molecule has 0 unspecified atom stereocenters. The Kier molecular flexibility index (Phi) is 3.99. The first-order chi connectivity index (χ1) is 8.61. The summed E-state index contributed by atoms with van der Waals surface area (Å²) in [5, 5.41) is 8.38. The van der Waals surface area contributed by atoms with Crippen LogP contribution in [0.25, 0.3) is 0 Å². The van der Waals surface area contributed by atoms with E-state index in [1.54, 1.807) is 11.6 Å². The fourth-order valence-electron chi connectivity index (χ4n) is 2.67. The lowest BCUT2D eigenvalue weighted by atomic mass is 9.97. The summed E-state index contributed by atoms with van der Waals surface area (Å²) in [6.45, 7) is 0.